The first kappa shape index (κ1) is 26.9. The molecule has 1 fully saturated rings. The molecule has 0 saturated carbocycles. The lowest BCUT2D eigenvalue weighted by molar-refractivity contribution is 0.0526. The second-order valence-corrected chi connectivity index (χ2v) is 9.48. The van der Waals surface area contributed by atoms with Crippen molar-refractivity contribution in [2.75, 3.05) is 49.8 Å². The first-order chi connectivity index (χ1) is 19.4. The van der Waals surface area contributed by atoms with Gasteiger partial charge in [0.15, 0.2) is 16.6 Å². The Hall–Kier alpha value is -4.64. The van der Waals surface area contributed by atoms with Crippen molar-refractivity contribution < 1.29 is 28.6 Å². The highest BCUT2D eigenvalue weighted by atomic mass is 32.1. The summed E-state index contributed by atoms with van der Waals surface area (Å²) in [6.45, 7) is 4.28. The van der Waals surface area contributed by atoms with E-state index in [1.54, 1.807) is 37.3 Å². The Labute approximate surface area is 236 Å². The summed E-state index contributed by atoms with van der Waals surface area (Å²) >= 11 is 5.45. The van der Waals surface area contributed by atoms with Crippen molar-refractivity contribution >= 4 is 46.5 Å². The van der Waals surface area contributed by atoms with Gasteiger partial charge in [0, 0.05) is 37.3 Å². The average molecular weight is 561 g/mol. The topological polar surface area (TPSA) is 109 Å². The number of hydrogen-bond acceptors (Lipinski definition) is 8. The van der Waals surface area contributed by atoms with E-state index < -0.39 is 11.9 Å². The normalized spacial score (nSPS) is 13.9. The second-order valence-electron chi connectivity index (χ2n) is 9.07. The first-order valence-corrected chi connectivity index (χ1v) is 13.3. The molecule has 0 spiro atoms. The van der Waals surface area contributed by atoms with Gasteiger partial charge in [0.1, 0.15) is 0 Å². The number of amides is 2. The van der Waals surface area contributed by atoms with Crippen molar-refractivity contribution in [1.82, 2.24) is 10.2 Å². The molecule has 0 unspecified atom stereocenters. The van der Waals surface area contributed by atoms with Crippen molar-refractivity contribution in [1.29, 1.82) is 0 Å². The lowest BCUT2D eigenvalue weighted by Gasteiger charge is -2.37. The molecule has 0 atom stereocenters. The number of thiocarbonyl (C=S) groups is 1. The number of benzene rings is 3. The third kappa shape index (κ3) is 5.99. The van der Waals surface area contributed by atoms with Gasteiger partial charge in [0.25, 0.3) is 11.8 Å². The summed E-state index contributed by atoms with van der Waals surface area (Å²) in [6.07, 6.45) is 0. The van der Waals surface area contributed by atoms with E-state index in [9.17, 15) is 14.4 Å². The van der Waals surface area contributed by atoms with E-state index >= 15 is 0 Å². The molecule has 2 aliphatic heterocycles. The highest BCUT2D eigenvalue weighted by Gasteiger charge is 2.25. The van der Waals surface area contributed by atoms with Gasteiger partial charge in [0.2, 0.25) is 6.79 Å². The molecule has 5 rings (SSSR count). The van der Waals surface area contributed by atoms with Crippen LogP contribution in [0.1, 0.15) is 38.0 Å². The molecule has 0 radical (unpaired) electrons. The molecule has 11 heteroatoms. The zero-order valence-electron chi connectivity index (χ0n) is 21.8. The molecule has 10 nitrogen and oxygen atoms in total. The minimum atomic E-state index is -0.467. The largest absolute Gasteiger partial charge is 0.462 e. The summed E-state index contributed by atoms with van der Waals surface area (Å²) in [7, 11) is 0. The molecule has 3 aromatic rings. The van der Waals surface area contributed by atoms with Crippen LogP contribution in [0, 0.1) is 0 Å². The van der Waals surface area contributed by atoms with Crippen LogP contribution in [0.15, 0.2) is 66.7 Å². The summed E-state index contributed by atoms with van der Waals surface area (Å²) in [5.74, 6) is 0.158. The van der Waals surface area contributed by atoms with E-state index in [-0.39, 0.29) is 24.4 Å². The molecular weight excluding hydrogens is 532 g/mol. The maximum atomic E-state index is 12.9. The van der Waals surface area contributed by atoms with E-state index in [0.717, 1.165) is 5.69 Å². The molecule has 1 saturated heterocycles. The lowest BCUT2D eigenvalue weighted by atomic mass is 10.1. The summed E-state index contributed by atoms with van der Waals surface area (Å²) in [5.41, 5.74) is 2.66. The molecule has 206 valence electrons. The van der Waals surface area contributed by atoms with Gasteiger partial charge in [-0.1, -0.05) is 18.2 Å². The van der Waals surface area contributed by atoms with Gasteiger partial charge >= 0.3 is 5.97 Å². The van der Waals surface area contributed by atoms with Crippen molar-refractivity contribution in [3.05, 3.63) is 83.4 Å². The molecule has 2 heterocycles. The van der Waals surface area contributed by atoms with E-state index in [1.807, 2.05) is 41.3 Å². The van der Waals surface area contributed by atoms with Crippen LogP contribution in [0.3, 0.4) is 0 Å². The lowest BCUT2D eigenvalue weighted by Crippen LogP contribution is -2.49. The quantitative estimate of drug-likeness (QED) is 0.345. The molecule has 0 bridgehead atoms. The maximum absolute atomic E-state index is 12.9. The Kier molecular flexibility index (Phi) is 8.11. The highest BCUT2D eigenvalue weighted by Crippen LogP contribution is 2.33. The minimum Gasteiger partial charge on any atom is -0.462 e. The number of piperazine rings is 1. The van der Waals surface area contributed by atoms with E-state index in [0.29, 0.717) is 60.1 Å². The highest BCUT2D eigenvalue weighted by molar-refractivity contribution is 7.80. The zero-order valence-corrected chi connectivity index (χ0v) is 22.7. The van der Waals surface area contributed by atoms with Crippen LogP contribution in [0.25, 0.3) is 0 Å². The van der Waals surface area contributed by atoms with Crippen molar-refractivity contribution in [2.45, 2.75) is 6.92 Å². The van der Waals surface area contributed by atoms with Gasteiger partial charge < -0.3 is 29.3 Å². The third-order valence-corrected chi connectivity index (χ3v) is 6.75. The van der Waals surface area contributed by atoms with Gasteiger partial charge in [0.05, 0.1) is 23.5 Å². The first-order valence-electron chi connectivity index (χ1n) is 12.9. The van der Waals surface area contributed by atoms with Crippen molar-refractivity contribution in [3.8, 4) is 11.5 Å². The van der Waals surface area contributed by atoms with Crippen LogP contribution in [0.4, 0.5) is 11.4 Å². The summed E-state index contributed by atoms with van der Waals surface area (Å²) < 4.78 is 15.8. The number of esters is 1. The number of fused-ring (bicyclic) bond motifs is 1. The molecular formula is C29H28N4O6S. The number of carbonyl (C=O) groups is 3. The SMILES string of the molecule is CCOC(=O)c1ccc(N2CCN(C(=O)c3ccccc3)CC2)c(NC(=S)NC(=O)c2ccc3c(c2)OCO3)c1. The fourth-order valence-electron chi connectivity index (χ4n) is 4.53. The fraction of sp³-hybridized carbons (Fsp3) is 0.241. The van der Waals surface area contributed by atoms with E-state index in [1.165, 1.54) is 0 Å². The average Bonchev–Trinajstić information content (AvgIpc) is 3.45. The second kappa shape index (κ2) is 12.0. The predicted octanol–water partition coefficient (Wildman–Crippen LogP) is 3.68. The van der Waals surface area contributed by atoms with Crippen LogP contribution in [0.2, 0.25) is 0 Å². The van der Waals surface area contributed by atoms with Crippen LogP contribution in [-0.4, -0.2) is 67.4 Å². The van der Waals surface area contributed by atoms with Gasteiger partial charge in [-0.15, -0.1) is 0 Å². The molecule has 2 amide bonds. The predicted molar refractivity (Wildman–Crippen MR) is 153 cm³/mol. The summed E-state index contributed by atoms with van der Waals surface area (Å²) in [4.78, 5) is 42.1. The Balaban J connectivity index is 1.30. The molecule has 3 aromatic carbocycles. The Morgan fingerprint density at radius 1 is 0.875 bits per heavy atom. The zero-order chi connectivity index (χ0) is 28.1. The Morgan fingerprint density at radius 3 is 2.35 bits per heavy atom. The number of nitrogens with one attached hydrogen (secondary N) is 2. The van der Waals surface area contributed by atoms with Crippen LogP contribution >= 0.6 is 12.2 Å². The number of hydrogen-bond donors (Lipinski definition) is 2. The number of nitrogens with zero attached hydrogens (tertiary/aromatic N) is 2. The van der Waals surface area contributed by atoms with Gasteiger partial charge in [-0.2, -0.15) is 0 Å². The van der Waals surface area contributed by atoms with Crippen molar-refractivity contribution in [2.24, 2.45) is 0 Å². The van der Waals surface area contributed by atoms with Gasteiger partial charge in [-0.25, -0.2) is 4.79 Å². The van der Waals surface area contributed by atoms with Crippen LogP contribution in [-0.2, 0) is 4.74 Å². The monoisotopic (exact) mass is 560 g/mol. The van der Waals surface area contributed by atoms with Crippen molar-refractivity contribution in [3.63, 3.8) is 0 Å². The summed E-state index contributed by atoms with van der Waals surface area (Å²) in [6, 6.07) is 19.2. The number of rotatable bonds is 6. The number of ether oxygens (including phenoxy) is 3. The fourth-order valence-corrected chi connectivity index (χ4v) is 4.74. The minimum absolute atomic E-state index is 0.0105. The van der Waals surface area contributed by atoms with E-state index in [4.69, 9.17) is 26.4 Å². The molecule has 40 heavy (non-hydrogen) atoms. The molecule has 0 aliphatic carbocycles. The van der Waals surface area contributed by atoms with Gasteiger partial charge in [-0.05, 0) is 67.7 Å². The number of anilines is 2. The van der Waals surface area contributed by atoms with Crippen LogP contribution < -0.4 is 25.0 Å². The Bertz CT molecular complexity index is 1440. The molecule has 0 aromatic heterocycles. The van der Waals surface area contributed by atoms with Gasteiger partial charge in [-0.3, -0.25) is 14.9 Å². The third-order valence-electron chi connectivity index (χ3n) is 6.55. The standard InChI is InChI=1S/C29H28N4O6S/c1-2-37-28(36)21-8-10-23(32-12-14-33(15-13-32)27(35)19-6-4-3-5-7-19)22(16-21)30-29(40)31-26(34)20-9-11-24-25(17-20)39-18-38-24/h3-11,16-17H,2,12-15,18H2,1H3,(H2,30,31,34,40). The molecule has 2 N–H and O–H groups in total. The van der Waals surface area contributed by atoms with Crippen LogP contribution in [0.5, 0.6) is 11.5 Å². The molecule has 2 aliphatic rings. The number of carbonyl (C=O) groups excluding carboxylic acids is 3. The maximum Gasteiger partial charge on any atom is 0.338 e. The summed E-state index contributed by atoms with van der Waals surface area (Å²) in [5, 5.41) is 5.81. The Morgan fingerprint density at radius 2 is 1.60 bits per heavy atom. The smallest absolute Gasteiger partial charge is 0.338 e. The van der Waals surface area contributed by atoms with E-state index in [2.05, 4.69) is 15.5 Å².